The summed E-state index contributed by atoms with van der Waals surface area (Å²) in [5.74, 6) is -0.141. The highest BCUT2D eigenvalue weighted by Crippen LogP contribution is 2.25. The Labute approximate surface area is 176 Å². The van der Waals surface area contributed by atoms with Crippen molar-refractivity contribution in [3.8, 4) is 0 Å². The van der Waals surface area contributed by atoms with Crippen molar-refractivity contribution in [2.24, 2.45) is 11.1 Å². The second kappa shape index (κ2) is 19.1. The van der Waals surface area contributed by atoms with E-state index in [2.05, 4.69) is 13.8 Å². The van der Waals surface area contributed by atoms with Crippen LogP contribution < -0.4 is 5.73 Å². The summed E-state index contributed by atoms with van der Waals surface area (Å²) in [4.78, 5) is 12.2. The highest BCUT2D eigenvalue weighted by Gasteiger charge is 2.35. The Morgan fingerprint density at radius 3 is 1.63 bits per heavy atom. The summed E-state index contributed by atoms with van der Waals surface area (Å²) in [6, 6.07) is -0.111. The molecule has 0 fully saturated rings. The predicted molar refractivity (Wildman–Crippen MR) is 121 cm³/mol. The number of esters is 1. The first kappa shape index (κ1) is 28.9. The minimum atomic E-state index is -0.578. The van der Waals surface area contributed by atoms with Gasteiger partial charge in [-0.1, -0.05) is 97.3 Å². The Hall–Kier alpha value is -0.280. The van der Waals surface area contributed by atoms with Gasteiger partial charge in [0.1, 0.15) is 0 Å². The van der Waals surface area contributed by atoms with E-state index in [1.54, 1.807) is 0 Å². The van der Waals surface area contributed by atoms with Crippen molar-refractivity contribution in [1.29, 1.82) is 0 Å². The quantitative estimate of drug-likeness (QED) is 0.194. The van der Waals surface area contributed by atoms with Gasteiger partial charge in [0.25, 0.3) is 0 Å². The minimum absolute atomic E-state index is 0. The largest absolute Gasteiger partial charge is 0.465 e. The van der Waals surface area contributed by atoms with Crippen LogP contribution in [0.1, 0.15) is 124 Å². The third kappa shape index (κ3) is 15.3. The van der Waals surface area contributed by atoms with Crippen molar-refractivity contribution in [2.45, 2.75) is 130 Å². The normalized spacial score (nSPS) is 12.5. The first-order valence-electron chi connectivity index (χ1n) is 11.4. The number of halogens is 1. The molecule has 0 spiro atoms. The maximum Gasteiger partial charge on any atom is 0.313 e. The van der Waals surface area contributed by atoms with E-state index < -0.39 is 5.41 Å². The van der Waals surface area contributed by atoms with Crippen LogP contribution in [0.4, 0.5) is 0 Å². The van der Waals surface area contributed by atoms with E-state index in [9.17, 15) is 4.79 Å². The molecule has 0 aliphatic rings. The predicted octanol–water partition coefficient (Wildman–Crippen LogP) is 7.20. The van der Waals surface area contributed by atoms with Gasteiger partial charge in [0, 0.05) is 6.04 Å². The zero-order chi connectivity index (χ0) is 19.7. The molecule has 0 heterocycles. The van der Waals surface area contributed by atoms with Gasteiger partial charge in [0.05, 0.1) is 12.0 Å². The van der Waals surface area contributed by atoms with E-state index >= 15 is 0 Å². The van der Waals surface area contributed by atoms with Crippen LogP contribution >= 0.6 is 12.4 Å². The molecule has 0 aromatic rings. The molecular formula is C23H48ClNO2. The fourth-order valence-corrected chi connectivity index (χ4v) is 3.21. The van der Waals surface area contributed by atoms with E-state index in [-0.39, 0.29) is 24.4 Å². The Kier molecular flexibility index (Phi) is 20.4. The molecule has 0 amide bonds. The molecule has 1 atom stereocenters. The van der Waals surface area contributed by atoms with Crippen molar-refractivity contribution in [3.05, 3.63) is 0 Å². The van der Waals surface area contributed by atoms with Crippen molar-refractivity contribution < 1.29 is 9.53 Å². The molecule has 1 unspecified atom stereocenters. The molecular weight excluding hydrogens is 358 g/mol. The summed E-state index contributed by atoms with van der Waals surface area (Å²) >= 11 is 0. The molecule has 4 heteroatoms. The van der Waals surface area contributed by atoms with E-state index in [1.807, 2.05) is 13.8 Å². The molecule has 2 N–H and O–H groups in total. The van der Waals surface area contributed by atoms with Gasteiger partial charge in [0.15, 0.2) is 0 Å². The van der Waals surface area contributed by atoms with Crippen LogP contribution in [-0.4, -0.2) is 18.6 Å². The molecule has 27 heavy (non-hydrogen) atoms. The summed E-state index contributed by atoms with van der Waals surface area (Å²) in [7, 11) is 0. The van der Waals surface area contributed by atoms with Crippen LogP contribution in [-0.2, 0) is 9.53 Å². The van der Waals surface area contributed by atoms with Gasteiger partial charge in [-0.25, -0.2) is 0 Å². The van der Waals surface area contributed by atoms with Gasteiger partial charge in [-0.2, -0.15) is 0 Å². The summed E-state index contributed by atoms with van der Waals surface area (Å²) in [6.07, 6.45) is 19.0. The maximum absolute atomic E-state index is 12.2. The number of ether oxygens (including phenoxy) is 1. The summed E-state index contributed by atoms with van der Waals surface area (Å²) < 4.78 is 5.36. The fourth-order valence-electron chi connectivity index (χ4n) is 3.21. The van der Waals surface area contributed by atoms with Gasteiger partial charge in [-0.15, -0.1) is 12.4 Å². The van der Waals surface area contributed by atoms with Crippen molar-refractivity contribution >= 4 is 18.4 Å². The zero-order valence-electron chi connectivity index (χ0n) is 18.7. The average Bonchev–Trinajstić information content (AvgIpc) is 2.62. The number of unbranched alkanes of at least 4 members (excludes halogenated alkanes) is 12. The van der Waals surface area contributed by atoms with E-state index in [0.717, 1.165) is 25.7 Å². The fraction of sp³-hybridized carbons (Fsp3) is 0.957. The van der Waals surface area contributed by atoms with Crippen LogP contribution in [0, 0.1) is 5.41 Å². The molecule has 0 rings (SSSR count). The lowest BCUT2D eigenvalue weighted by Gasteiger charge is -2.29. The van der Waals surface area contributed by atoms with Crippen molar-refractivity contribution in [1.82, 2.24) is 0 Å². The monoisotopic (exact) mass is 405 g/mol. The van der Waals surface area contributed by atoms with Crippen molar-refractivity contribution in [3.63, 3.8) is 0 Å². The highest BCUT2D eigenvalue weighted by atomic mass is 35.5. The Balaban J connectivity index is 0. The van der Waals surface area contributed by atoms with Gasteiger partial charge in [-0.05, 0) is 26.7 Å². The smallest absolute Gasteiger partial charge is 0.313 e. The van der Waals surface area contributed by atoms with Gasteiger partial charge in [-0.3, -0.25) is 4.79 Å². The number of hydrogen-bond acceptors (Lipinski definition) is 3. The second-order valence-electron chi connectivity index (χ2n) is 8.50. The van der Waals surface area contributed by atoms with E-state index in [0.29, 0.717) is 6.61 Å². The lowest BCUT2D eigenvalue weighted by atomic mass is 9.82. The van der Waals surface area contributed by atoms with Crippen LogP contribution in [0.25, 0.3) is 0 Å². The molecule has 0 aliphatic heterocycles. The lowest BCUT2D eigenvalue weighted by molar-refractivity contribution is -0.155. The molecule has 0 saturated heterocycles. The second-order valence-corrected chi connectivity index (χ2v) is 8.50. The number of rotatable bonds is 18. The van der Waals surface area contributed by atoms with E-state index in [1.165, 1.54) is 70.6 Å². The number of carbonyl (C=O) groups is 1. The average molecular weight is 406 g/mol. The Morgan fingerprint density at radius 1 is 0.778 bits per heavy atom. The molecule has 0 radical (unpaired) electrons. The molecule has 164 valence electrons. The molecule has 0 saturated carbocycles. The maximum atomic E-state index is 12.2. The SMILES string of the molecule is CCCCCCCCCCCCCCC(N)C(C)(C)C(=O)OCCCC.Cl. The molecule has 0 bridgehead atoms. The third-order valence-corrected chi connectivity index (χ3v) is 5.55. The molecule has 0 aromatic heterocycles. The lowest BCUT2D eigenvalue weighted by Crippen LogP contribution is -2.44. The zero-order valence-corrected chi connectivity index (χ0v) is 19.5. The van der Waals surface area contributed by atoms with Gasteiger partial charge in [0.2, 0.25) is 0 Å². The number of nitrogens with two attached hydrogens (primary N) is 1. The third-order valence-electron chi connectivity index (χ3n) is 5.55. The van der Waals surface area contributed by atoms with E-state index in [4.69, 9.17) is 10.5 Å². The standard InChI is InChI=1S/C23H47NO2.ClH/c1-5-7-9-10-11-12-13-14-15-16-17-18-19-21(24)23(3,4)22(25)26-20-8-6-2;/h21H,5-20,24H2,1-4H3;1H. The van der Waals surface area contributed by atoms with Crippen LogP contribution in [0.15, 0.2) is 0 Å². The van der Waals surface area contributed by atoms with Gasteiger partial charge >= 0.3 is 5.97 Å². The number of carbonyl (C=O) groups excluding carboxylic acids is 1. The first-order chi connectivity index (χ1) is 12.5. The minimum Gasteiger partial charge on any atom is -0.465 e. The van der Waals surface area contributed by atoms with Crippen LogP contribution in [0.2, 0.25) is 0 Å². The highest BCUT2D eigenvalue weighted by molar-refractivity contribution is 5.85. The first-order valence-corrected chi connectivity index (χ1v) is 11.4. The van der Waals surface area contributed by atoms with Crippen LogP contribution in [0.5, 0.6) is 0 Å². The van der Waals surface area contributed by atoms with Gasteiger partial charge < -0.3 is 10.5 Å². The Bertz CT molecular complexity index is 334. The summed E-state index contributed by atoms with van der Waals surface area (Å²) in [6.45, 7) is 8.73. The number of hydrogen-bond donors (Lipinski definition) is 1. The summed E-state index contributed by atoms with van der Waals surface area (Å²) in [5.41, 5.74) is 5.71. The summed E-state index contributed by atoms with van der Waals surface area (Å²) in [5, 5.41) is 0. The van der Waals surface area contributed by atoms with Crippen LogP contribution in [0.3, 0.4) is 0 Å². The molecule has 0 aromatic carbocycles. The van der Waals surface area contributed by atoms with Crippen molar-refractivity contribution in [2.75, 3.05) is 6.61 Å². The topological polar surface area (TPSA) is 52.3 Å². The Morgan fingerprint density at radius 2 is 1.19 bits per heavy atom. The molecule has 0 aliphatic carbocycles. The molecule has 3 nitrogen and oxygen atoms in total.